The summed E-state index contributed by atoms with van der Waals surface area (Å²) >= 11 is 1.38. The molecular formula is C23H28N4O5S2. The first-order valence-electron chi connectivity index (χ1n) is 10.5. The first-order chi connectivity index (χ1) is 16.1. The summed E-state index contributed by atoms with van der Waals surface area (Å²) in [4.78, 5) is 26.5. The van der Waals surface area contributed by atoms with Gasteiger partial charge in [0.1, 0.15) is 5.75 Å². The van der Waals surface area contributed by atoms with E-state index in [0.717, 1.165) is 12.0 Å². The molecule has 0 radical (unpaired) electrons. The molecule has 182 valence electrons. The molecule has 0 atom stereocenters. The Labute approximate surface area is 203 Å². The third-order valence-corrected chi connectivity index (χ3v) is 6.71. The van der Waals surface area contributed by atoms with E-state index < -0.39 is 15.9 Å². The fourth-order valence-corrected chi connectivity index (χ4v) is 4.99. The Balaban J connectivity index is 1.55. The first-order valence-corrected chi connectivity index (χ1v) is 13.5. The topological polar surface area (TPSA) is 110 Å². The average Bonchev–Trinajstić information content (AvgIpc) is 3.14. The van der Waals surface area contributed by atoms with Crippen molar-refractivity contribution in [2.45, 2.75) is 6.54 Å². The van der Waals surface area contributed by atoms with Crippen molar-refractivity contribution in [2.75, 3.05) is 38.5 Å². The molecule has 1 heterocycles. The van der Waals surface area contributed by atoms with E-state index in [-0.39, 0.29) is 17.2 Å². The molecule has 0 bridgehead atoms. The van der Waals surface area contributed by atoms with Gasteiger partial charge in [-0.3, -0.25) is 20.4 Å². The molecule has 3 aromatic rings. The molecule has 0 unspecified atom stereocenters. The van der Waals surface area contributed by atoms with Crippen molar-refractivity contribution in [3.05, 3.63) is 65.9 Å². The van der Waals surface area contributed by atoms with Gasteiger partial charge in [-0.05, 0) is 44.4 Å². The molecule has 0 aliphatic rings. The molecule has 3 rings (SSSR count). The lowest BCUT2D eigenvalue weighted by molar-refractivity contribution is -0.119. The van der Waals surface area contributed by atoms with Crippen molar-refractivity contribution in [3.8, 4) is 5.75 Å². The smallest absolute Gasteiger partial charge is 0.269 e. The van der Waals surface area contributed by atoms with Crippen LogP contribution in [0.3, 0.4) is 0 Å². The van der Waals surface area contributed by atoms with E-state index in [1.807, 2.05) is 49.3 Å². The van der Waals surface area contributed by atoms with Crippen LogP contribution in [0.5, 0.6) is 5.75 Å². The number of hydrogen-bond donors (Lipinski definition) is 2. The maximum absolute atomic E-state index is 12.6. The molecule has 0 saturated heterocycles. The van der Waals surface area contributed by atoms with Gasteiger partial charge in [0, 0.05) is 28.9 Å². The van der Waals surface area contributed by atoms with Crippen molar-refractivity contribution < 1.29 is 22.7 Å². The largest absolute Gasteiger partial charge is 0.493 e. The van der Waals surface area contributed by atoms with Crippen LogP contribution >= 0.6 is 11.8 Å². The molecule has 2 amide bonds. The Morgan fingerprint density at radius 2 is 1.79 bits per heavy atom. The minimum Gasteiger partial charge on any atom is -0.493 e. The Morgan fingerprint density at radius 1 is 1.06 bits per heavy atom. The van der Waals surface area contributed by atoms with Crippen LogP contribution < -0.4 is 15.6 Å². The maximum Gasteiger partial charge on any atom is 0.269 e. The molecule has 9 nitrogen and oxygen atoms in total. The number of hydrogen-bond acceptors (Lipinski definition) is 7. The van der Waals surface area contributed by atoms with Crippen LogP contribution in [0.25, 0.3) is 10.9 Å². The van der Waals surface area contributed by atoms with Gasteiger partial charge in [0.25, 0.3) is 5.91 Å². The third kappa shape index (κ3) is 6.99. The highest BCUT2D eigenvalue weighted by molar-refractivity contribution is 7.99. The standard InChI is InChI=1S/C23H28N4O5S2/c1-26(2)15-19-13-17-9-10-18(14-21(17)27(19)34(3,30)31)23(29)25-24-22(28)16-33-12-11-32-20-7-5-4-6-8-20/h4-10,13-14H,11-12,15-16H2,1-3H3,(H,24,28)(H,25,29). The van der Waals surface area contributed by atoms with Gasteiger partial charge in [-0.1, -0.05) is 24.3 Å². The van der Waals surface area contributed by atoms with Crippen LogP contribution in [0, 0.1) is 0 Å². The normalized spacial score (nSPS) is 11.5. The highest BCUT2D eigenvalue weighted by Crippen LogP contribution is 2.24. The summed E-state index contributed by atoms with van der Waals surface area (Å²) in [7, 11) is 0.107. The molecule has 2 N–H and O–H groups in total. The number of rotatable bonds is 10. The van der Waals surface area contributed by atoms with E-state index in [1.54, 1.807) is 18.2 Å². The number of ether oxygens (including phenoxy) is 1. The van der Waals surface area contributed by atoms with Crippen LogP contribution in [0.2, 0.25) is 0 Å². The molecule has 0 aliphatic heterocycles. The number of fused-ring (bicyclic) bond motifs is 1. The highest BCUT2D eigenvalue weighted by atomic mass is 32.2. The van der Waals surface area contributed by atoms with Crippen molar-refractivity contribution >= 4 is 44.5 Å². The van der Waals surface area contributed by atoms with Crippen molar-refractivity contribution in [1.82, 2.24) is 19.7 Å². The lowest BCUT2D eigenvalue weighted by Gasteiger charge is -2.13. The van der Waals surface area contributed by atoms with Crippen molar-refractivity contribution in [2.24, 2.45) is 0 Å². The number of benzene rings is 2. The highest BCUT2D eigenvalue weighted by Gasteiger charge is 2.19. The van der Waals surface area contributed by atoms with Crippen LogP contribution in [-0.2, 0) is 21.4 Å². The quantitative estimate of drug-likeness (QED) is 0.321. The Kier molecular flexibility index (Phi) is 8.59. The van der Waals surface area contributed by atoms with Gasteiger partial charge in [-0.25, -0.2) is 12.4 Å². The number of carbonyl (C=O) groups is 2. The summed E-state index contributed by atoms with van der Waals surface area (Å²) in [5.41, 5.74) is 6.00. The lowest BCUT2D eigenvalue weighted by Crippen LogP contribution is -2.42. The SMILES string of the molecule is CN(C)Cc1cc2ccc(C(=O)NNC(=O)CSCCOc3ccccc3)cc2n1S(C)(=O)=O. The van der Waals surface area contributed by atoms with Gasteiger partial charge in [0.05, 0.1) is 24.1 Å². The van der Waals surface area contributed by atoms with Crippen molar-refractivity contribution in [1.29, 1.82) is 0 Å². The van der Waals surface area contributed by atoms with Crippen LogP contribution in [0.15, 0.2) is 54.6 Å². The summed E-state index contributed by atoms with van der Waals surface area (Å²) in [6.07, 6.45) is 1.13. The summed E-state index contributed by atoms with van der Waals surface area (Å²) < 4.78 is 31.6. The van der Waals surface area contributed by atoms with Gasteiger partial charge < -0.3 is 9.64 Å². The van der Waals surface area contributed by atoms with Crippen molar-refractivity contribution in [3.63, 3.8) is 0 Å². The predicted octanol–water partition coefficient (Wildman–Crippen LogP) is 2.08. The second kappa shape index (κ2) is 11.4. The number of carbonyl (C=O) groups excluding carboxylic acids is 2. The number of aromatic nitrogens is 1. The number of amides is 2. The van der Waals surface area contributed by atoms with E-state index in [9.17, 15) is 18.0 Å². The molecule has 0 spiro atoms. The zero-order chi connectivity index (χ0) is 24.7. The minimum atomic E-state index is -3.59. The van der Waals surface area contributed by atoms with E-state index >= 15 is 0 Å². The molecule has 34 heavy (non-hydrogen) atoms. The average molecular weight is 505 g/mol. The Bertz CT molecular complexity index is 1260. The minimum absolute atomic E-state index is 0.155. The van der Waals surface area contributed by atoms with Gasteiger partial charge in [0.15, 0.2) is 0 Å². The van der Waals surface area contributed by atoms with E-state index in [2.05, 4.69) is 10.9 Å². The van der Waals surface area contributed by atoms with Gasteiger partial charge >= 0.3 is 0 Å². The molecule has 2 aromatic carbocycles. The van der Waals surface area contributed by atoms with E-state index in [0.29, 0.717) is 35.5 Å². The first kappa shape index (κ1) is 25.6. The third-order valence-electron chi connectivity index (χ3n) is 4.69. The molecular weight excluding hydrogens is 476 g/mol. The van der Waals surface area contributed by atoms with Crippen LogP contribution in [-0.4, -0.2) is 67.6 Å². The molecule has 0 saturated carbocycles. The molecule has 0 fully saturated rings. The molecule has 11 heteroatoms. The number of hydrazine groups is 1. The van der Waals surface area contributed by atoms with E-state index in [4.69, 9.17) is 4.74 Å². The second-order valence-corrected chi connectivity index (χ2v) is 10.8. The summed E-state index contributed by atoms with van der Waals surface area (Å²) in [6.45, 7) is 0.886. The van der Waals surface area contributed by atoms with Gasteiger partial charge in [-0.2, -0.15) is 0 Å². The lowest BCUT2D eigenvalue weighted by atomic mass is 10.1. The fraction of sp³-hybridized carbons (Fsp3) is 0.304. The molecule has 0 aliphatic carbocycles. The zero-order valence-electron chi connectivity index (χ0n) is 19.3. The summed E-state index contributed by atoms with van der Waals surface area (Å²) in [6, 6.07) is 16.0. The number of nitrogens with zero attached hydrogens (tertiary/aromatic N) is 2. The van der Waals surface area contributed by atoms with E-state index in [1.165, 1.54) is 21.8 Å². The summed E-state index contributed by atoms with van der Waals surface area (Å²) in [5, 5.41) is 0.706. The fourth-order valence-electron chi connectivity index (χ4n) is 3.34. The van der Waals surface area contributed by atoms with Crippen LogP contribution in [0.1, 0.15) is 16.1 Å². The van der Waals surface area contributed by atoms with Crippen LogP contribution in [0.4, 0.5) is 0 Å². The maximum atomic E-state index is 12.6. The summed E-state index contributed by atoms with van der Waals surface area (Å²) in [5.74, 6) is 0.648. The molecule has 1 aromatic heterocycles. The number of nitrogens with one attached hydrogen (secondary N) is 2. The Hall–Kier alpha value is -3.02. The predicted molar refractivity (Wildman–Crippen MR) is 134 cm³/mol. The number of thioether (sulfide) groups is 1. The second-order valence-electron chi connectivity index (χ2n) is 7.89. The number of para-hydroxylation sites is 1. The zero-order valence-corrected chi connectivity index (χ0v) is 20.9. The Morgan fingerprint density at radius 3 is 2.47 bits per heavy atom. The van der Waals surface area contributed by atoms with Gasteiger partial charge in [0.2, 0.25) is 15.9 Å². The monoisotopic (exact) mass is 504 g/mol. The van der Waals surface area contributed by atoms with Gasteiger partial charge in [-0.15, -0.1) is 11.8 Å².